The lowest BCUT2D eigenvalue weighted by Gasteiger charge is -2.21. The van der Waals surface area contributed by atoms with Crippen LogP contribution in [0.3, 0.4) is 0 Å². The monoisotopic (exact) mass is 350 g/mol. The highest BCUT2D eigenvalue weighted by atomic mass is 31.1. The second kappa shape index (κ2) is 7.72. The Kier molecular flexibility index (Phi) is 5.40. The van der Waals surface area contributed by atoms with E-state index in [2.05, 4.69) is 55.8 Å². The minimum absolute atomic E-state index is 0.330. The average molecular weight is 350 g/mol. The van der Waals surface area contributed by atoms with Crippen LogP contribution in [-0.4, -0.2) is 27.5 Å². The molecule has 0 heterocycles. The summed E-state index contributed by atoms with van der Waals surface area (Å²) in [5.74, 6) is 1.80. The maximum absolute atomic E-state index is 5.61. The zero-order valence-corrected chi connectivity index (χ0v) is 16.0. The fourth-order valence-corrected chi connectivity index (χ4v) is 4.55. The molecule has 0 radical (unpaired) electrons. The lowest BCUT2D eigenvalue weighted by atomic mass is 9.97. The molecule has 0 aliphatic carbocycles. The third-order valence-corrected chi connectivity index (χ3v) is 5.65. The Morgan fingerprint density at radius 1 is 0.560 bits per heavy atom. The summed E-state index contributed by atoms with van der Waals surface area (Å²) in [6, 6.07) is 22.9. The topological polar surface area (TPSA) is 18.5 Å². The van der Waals surface area contributed by atoms with Crippen LogP contribution in [0.2, 0.25) is 0 Å². The largest absolute Gasteiger partial charge is 0.496 e. The van der Waals surface area contributed by atoms with Crippen molar-refractivity contribution in [2.45, 2.75) is 0 Å². The number of hydrogen-bond donors (Lipinski definition) is 0. The SMILES string of the molecule is COc1ccccc1-c1cccc(-c2ccccc2OC)c1P(C)C. The maximum Gasteiger partial charge on any atom is 0.126 e. The summed E-state index contributed by atoms with van der Waals surface area (Å²) in [5, 5.41) is 1.37. The Hall–Kier alpha value is -2.31. The molecule has 0 saturated heterocycles. The summed E-state index contributed by atoms with van der Waals surface area (Å²) < 4.78 is 11.2. The Morgan fingerprint density at radius 2 is 0.960 bits per heavy atom. The summed E-state index contributed by atoms with van der Waals surface area (Å²) >= 11 is 0. The molecule has 3 rings (SSSR count). The summed E-state index contributed by atoms with van der Waals surface area (Å²) in [5.41, 5.74) is 4.73. The van der Waals surface area contributed by atoms with Crippen molar-refractivity contribution in [1.82, 2.24) is 0 Å². The number of para-hydroxylation sites is 2. The van der Waals surface area contributed by atoms with Gasteiger partial charge in [0.1, 0.15) is 11.5 Å². The fraction of sp³-hybridized carbons (Fsp3) is 0.182. The van der Waals surface area contributed by atoms with E-state index in [1.54, 1.807) is 14.2 Å². The van der Waals surface area contributed by atoms with E-state index in [1.807, 2.05) is 24.3 Å². The first-order valence-corrected chi connectivity index (χ1v) is 10.5. The predicted octanol–water partition coefficient (Wildman–Crippen LogP) is 5.40. The van der Waals surface area contributed by atoms with Crippen molar-refractivity contribution in [3.8, 4) is 33.8 Å². The van der Waals surface area contributed by atoms with E-state index >= 15 is 0 Å². The van der Waals surface area contributed by atoms with E-state index in [0.29, 0.717) is 0 Å². The van der Waals surface area contributed by atoms with E-state index in [4.69, 9.17) is 9.47 Å². The molecule has 0 amide bonds. The zero-order chi connectivity index (χ0) is 17.8. The minimum atomic E-state index is -0.330. The molecule has 0 aliphatic rings. The Bertz CT molecular complexity index is 806. The van der Waals surface area contributed by atoms with Crippen LogP contribution in [0.15, 0.2) is 66.7 Å². The third-order valence-electron chi connectivity index (χ3n) is 4.28. The van der Waals surface area contributed by atoms with Crippen LogP contribution in [0.25, 0.3) is 22.3 Å². The van der Waals surface area contributed by atoms with Gasteiger partial charge in [-0.2, -0.15) is 0 Å². The third kappa shape index (κ3) is 3.41. The molecule has 0 fully saturated rings. The van der Waals surface area contributed by atoms with Gasteiger partial charge in [0.15, 0.2) is 0 Å². The molecule has 0 aliphatic heterocycles. The molecule has 0 bridgehead atoms. The second-order valence-corrected chi connectivity index (χ2v) is 8.23. The quantitative estimate of drug-likeness (QED) is 0.573. The van der Waals surface area contributed by atoms with Crippen LogP contribution >= 0.6 is 7.92 Å². The van der Waals surface area contributed by atoms with Crippen molar-refractivity contribution >= 4 is 13.2 Å². The van der Waals surface area contributed by atoms with Gasteiger partial charge in [0.2, 0.25) is 0 Å². The average Bonchev–Trinajstić information content (AvgIpc) is 2.67. The van der Waals surface area contributed by atoms with Gasteiger partial charge in [0.05, 0.1) is 14.2 Å². The van der Waals surface area contributed by atoms with Gasteiger partial charge in [0, 0.05) is 11.1 Å². The first-order valence-electron chi connectivity index (χ1n) is 8.24. The molecular weight excluding hydrogens is 327 g/mol. The van der Waals surface area contributed by atoms with Gasteiger partial charge in [-0.1, -0.05) is 62.5 Å². The highest BCUT2D eigenvalue weighted by Crippen LogP contribution is 2.41. The van der Waals surface area contributed by atoms with Crippen molar-refractivity contribution < 1.29 is 9.47 Å². The first-order chi connectivity index (χ1) is 12.2. The molecule has 3 aromatic carbocycles. The normalized spacial score (nSPS) is 10.8. The van der Waals surface area contributed by atoms with Crippen molar-refractivity contribution in [2.75, 3.05) is 27.5 Å². The summed E-state index contributed by atoms with van der Waals surface area (Å²) in [6.45, 7) is 4.59. The standard InChI is InChI=1S/C22H23O2P/c1-23-20-14-7-5-10-16(20)18-12-9-13-19(22(18)25(3)4)17-11-6-8-15-21(17)24-2/h5-15H,1-4H3. The van der Waals surface area contributed by atoms with Crippen LogP contribution in [-0.2, 0) is 0 Å². The van der Waals surface area contributed by atoms with E-state index in [9.17, 15) is 0 Å². The van der Waals surface area contributed by atoms with Crippen molar-refractivity contribution in [2.24, 2.45) is 0 Å². The minimum Gasteiger partial charge on any atom is -0.496 e. The highest BCUT2D eigenvalue weighted by Gasteiger charge is 2.18. The lowest BCUT2D eigenvalue weighted by molar-refractivity contribution is 0.416. The molecule has 3 aromatic rings. The van der Waals surface area contributed by atoms with Gasteiger partial charge in [-0.15, -0.1) is 0 Å². The molecule has 0 aromatic heterocycles. The Morgan fingerprint density at radius 3 is 1.36 bits per heavy atom. The summed E-state index contributed by atoms with van der Waals surface area (Å²) in [4.78, 5) is 0. The number of benzene rings is 3. The molecule has 128 valence electrons. The number of ether oxygens (including phenoxy) is 2. The van der Waals surface area contributed by atoms with E-state index in [1.165, 1.54) is 16.4 Å². The zero-order valence-electron chi connectivity index (χ0n) is 15.1. The van der Waals surface area contributed by atoms with Gasteiger partial charge >= 0.3 is 0 Å². The first kappa shape index (κ1) is 17.5. The van der Waals surface area contributed by atoms with Crippen molar-refractivity contribution in [3.05, 3.63) is 66.7 Å². The smallest absolute Gasteiger partial charge is 0.126 e. The molecular formula is C22H23O2P. The van der Waals surface area contributed by atoms with E-state index in [0.717, 1.165) is 22.6 Å². The van der Waals surface area contributed by atoms with Gasteiger partial charge in [-0.05, 0) is 41.9 Å². The number of methoxy groups -OCH3 is 2. The van der Waals surface area contributed by atoms with E-state index in [-0.39, 0.29) is 7.92 Å². The maximum atomic E-state index is 5.61. The van der Waals surface area contributed by atoms with Gasteiger partial charge in [-0.3, -0.25) is 0 Å². The molecule has 25 heavy (non-hydrogen) atoms. The Labute approximate surface area is 151 Å². The van der Waals surface area contributed by atoms with Crippen molar-refractivity contribution in [3.63, 3.8) is 0 Å². The molecule has 3 heteroatoms. The Balaban J connectivity index is 2.29. The summed E-state index contributed by atoms with van der Waals surface area (Å²) in [6.07, 6.45) is 0. The molecule has 0 unspecified atom stereocenters. The van der Waals surface area contributed by atoms with Crippen LogP contribution in [0.4, 0.5) is 0 Å². The molecule has 2 nitrogen and oxygen atoms in total. The molecule has 0 N–H and O–H groups in total. The van der Waals surface area contributed by atoms with Gasteiger partial charge in [0.25, 0.3) is 0 Å². The molecule has 0 spiro atoms. The number of hydrogen-bond acceptors (Lipinski definition) is 2. The van der Waals surface area contributed by atoms with E-state index < -0.39 is 0 Å². The van der Waals surface area contributed by atoms with Crippen LogP contribution in [0.1, 0.15) is 0 Å². The van der Waals surface area contributed by atoms with Crippen LogP contribution in [0.5, 0.6) is 11.5 Å². The highest BCUT2D eigenvalue weighted by molar-refractivity contribution is 7.64. The van der Waals surface area contributed by atoms with Crippen LogP contribution in [0, 0.1) is 0 Å². The fourth-order valence-electron chi connectivity index (χ4n) is 3.19. The number of rotatable bonds is 5. The second-order valence-electron chi connectivity index (χ2n) is 6.00. The predicted molar refractivity (Wildman–Crippen MR) is 109 cm³/mol. The lowest BCUT2D eigenvalue weighted by Crippen LogP contribution is -2.09. The van der Waals surface area contributed by atoms with Gasteiger partial charge < -0.3 is 9.47 Å². The van der Waals surface area contributed by atoms with Crippen LogP contribution < -0.4 is 14.8 Å². The summed E-state index contributed by atoms with van der Waals surface area (Å²) in [7, 11) is 3.12. The molecule has 0 atom stereocenters. The molecule has 0 saturated carbocycles. The van der Waals surface area contributed by atoms with Crippen molar-refractivity contribution in [1.29, 1.82) is 0 Å². The van der Waals surface area contributed by atoms with Gasteiger partial charge in [-0.25, -0.2) is 0 Å².